The van der Waals surface area contributed by atoms with Gasteiger partial charge in [-0.2, -0.15) is 5.10 Å². The monoisotopic (exact) mass is 346 g/mol. The molecular formula is C18H26N4O3. The standard InChI is InChI=1S/C18H26N4O3/c1-21(18-5-2-8-19-20-18)15-6-9-22(10-7-15)12-16(23)13-24-14-17-4-3-11-25-17/h2-5,8,11,15-16,23H,6-7,9-10,12-14H2,1H3. The third-order valence-corrected chi connectivity index (χ3v) is 4.63. The van der Waals surface area contributed by atoms with E-state index in [4.69, 9.17) is 9.15 Å². The van der Waals surface area contributed by atoms with Crippen LogP contribution in [0, 0.1) is 0 Å². The second-order valence-electron chi connectivity index (χ2n) is 6.47. The van der Waals surface area contributed by atoms with Crippen LogP contribution in [0.3, 0.4) is 0 Å². The lowest BCUT2D eigenvalue weighted by molar-refractivity contribution is 0.00179. The summed E-state index contributed by atoms with van der Waals surface area (Å²) in [5, 5.41) is 18.3. The molecule has 7 nitrogen and oxygen atoms in total. The number of anilines is 1. The van der Waals surface area contributed by atoms with Gasteiger partial charge in [0.15, 0.2) is 5.82 Å². The highest BCUT2D eigenvalue weighted by molar-refractivity contribution is 5.36. The summed E-state index contributed by atoms with van der Waals surface area (Å²) in [5.74, 6) is 1.69. The van der Waals surface area contributed by atoms with Gasteiger partial charge in [0.25, 0.3) is 0 Å². The zero-order valence-electron chi connectivity index (χ0n) is 14.6. The molecule has 2 aromatic rings. The van der Waals surface area contributed by atoms with Crippen molar-refractivity contribution in [2.45, 2.75) is 31.6 Å². The fraction of sp³-hybridized carbons (Fsp3) is 0.556. The highest BCUT2D eigenvalue weighted by Gasteiger charge is 2.24. The Morgan fingerprint density at radius 1 is 1.36 bits per heavy atom. The predicted octanol–water partition coefficient (Wildman–Crippen LogP) is 1.55. The molecule has 2 aromatic heterocycles. The smallest absolute Gasteiger partial charge is 0.151 e. The fourth-order valence-corrected chi connectivity index (χ4v) is 3.20. The van der Waals surface area contributed by atoms with E-state index in [0.29, 0.717) is 25.8 Å². The molecule has 0 amide bonds. The molecule has 7 heteroatoms. The number of aromatic nitrogens is 2. The number of furan rings is 1. The first kappa shape index (κ1) is 17.8. The molecule has 0 saturated carbocycles. The van der Waals surface area contributed by atoms with Crippen LogP contribution in [0.1, 0.15) is 18.6 Å². The van der Waals surface area contributed by atoms with Crippen LogP contribution in [0.15, 0.2) is 41.1 Å². The number of likely N-dealkylation sites (tertiary alicyclic amines) is 1. The van der Waals surface area contributed by atoms with Crippen LogP contribution in [0.5, 0.6) is 0 Å². The van der Waals surface area contributed by atoms with Gasteiger partial charge in [-0.1, -0.05) is 0 Å². The van der Waals surface area contributed by atoms with Crippen LogP contribution in [-0.4, -0.2) is 65.6 Å². The SMILES string of the molecule is CN(c1cccnn1)C1CCN(CC(O)COCc2ccco2)CC1. The summed E-state index contributed by atoms with van der Waals surface area (Å²) in [5.41, 5.74) is 0. The van der Waals surface area contributed by atoms with E-state index in [0.717, 1.165) is 37.5 Å². The van der Waals surface area contributed by atoms with E-state index < -0.39 is 6.10 Å². The van der Waals surface area contributed by atoms with Crippen molar-refractivity contribution >= 4 is 5.82 Å². The van der Waals surface area contributed by atoms with E-state index >= 15 is 0 Å². The second-order valence-corrected chi connectivity index (χ2v) is 6.47. The van der Waals surface area contributed by atoms with Gasteiger partial charge in [-0.05, 0) is 37.1 Å². The lowest BCUT2D eigenvalue weighted by Crippen LogP contribution is -2.46. The summed E-state index contributed by atoms with van der Waals surface area (Å²) < 4.78 is 10.7. The quantitative estimate of drug-likeness (QED) is 0.777. The predicted molar refractivity (Wildman–Crippen MR) is 94.3 cm³/mol. The summed E-state index contributed by atoms with van der Waals surface area (Å²) in [6, 6.07) is 8.05. The average molecular weight is 346 g/mol. The fourth-order valence-electron chi connectivity index (χ4n) is 3.20. The van der Waals surface area contributed by atoms with E-state index in [2.05, 4.69) is 27.0 Å². The highest BCUT2D eigenvalue weighted by Crippen LogP contribution is 2.20. The van der Waals surface area contributed by atoms with Crippen molar-refractivity contribution in [1.29, 1.82) is 0 Å². The van der Waals surface area contributed by atoms with Gasteiger partial charge in [-0.3, -0.25) is 0 Å². The number of piperidine rings is 1. The van der Waals surface area contributed by atoms with Gasteiger partial charge in [-0.15, -0.1) is 5.10 Å². The molecule has 3 rings (SSSR count). The first-order chi connectivity index (χ1) is 12.2. The van der Waals surface area contributed by atoms with Gasteiger partial charge in [0.2, 0.25) is 0 Å². The van der Waals surface area contributed by atoms with Gasteiger partial charge < -0.3 is 24.1 Å². The molecule has 1 aliphatic rings. The van der Waals surface area contributed by atoms with Gasteiger partial charge in [0.1, 0.15) is 12.4 Å². The first-order valence-corrected chi connectivity index (χ1v) is 8.73. The summed E-state index contributed by atoms with van der Waals surface area (Å²) in [6.45, 7) is 3.28. The minimum Gasteiger partial charge on any atom is -0.467 e. The number of hydrogen-bond donors (Lipinski definition) is 1. The maximum absolute atomic E-state index is 10.2. The molecule has 0 aromatic carbocycles. The van der Waals surface area contributed by atoms with Crippen molar-refractivity contribution in [1.82, 2.24) is 15.1 Å². The summed E-state index contributed by atoms with van der Waals surface area (Å²) >= 11 is 0. The number of ether oxygens (including phenoxy) is 1. The van der Waals surface area contributed by atoms with Crippen LogP contribution >= 0.6 is 0 Å². The van der Waals surface area contributed by atoms with Crippen LogP contribution in [0.25, 0.3) is 0 Å². The topological polar surface area (TPSA) is 74.9 Å². The van der Waals surface area contributed by atoms with E-state index in [9.17, 15) is 5.11 Å². The van der Waals surface area contributed by atoms with Crippen LogP contribution in [0.4, 0.5) is 5.82 Å². The Balaban J connectivity index is 1.35. The minimum absolute atomic E-state index is 0.320. The summed E-state index contributed by atoms with van der Waals surface area (Å²) in [4.78, 5) is 4.50. The van der Waals surface area contributed by atoms with Gasteiger partial charge in [-0.25, -0.2) is 0 Å². The molecule has 136 valence electrons. The molecule has 25 heavy (non-hydrogen) atoms. The lowest BCUT2D eigenvalue weighted by atomic mass is 10.0. The van der Waals surface area contributed by atoms with Crippen LogP contribution in [0.2, 0.25) is 0 Å². The molecule has 3 heterocycles. The molecule has 0 spiro atoms. The molecule has 1 atom stereocenters. The zero-order chi connectivity index (χ0) is 17.5. The van der Waals surface area contributed by atoms with Gasteiger partial charge >= 0.3 is 0 Å². The summed E-state index contributed by atoms with van der Waals surface area (Å²) in [6.07, 6.45) is 4.93. The van der Waals surface area contributed by atoms with E-state index in [-0.39, 0.29) is 0 Å². The second kappa shape index (κ2) is 8.94. The first-order valence-electron chi connectivity index (χ1n) is 8.73. The molecule has 0 bridgehead atoms. The average Bonchev–Trinajstić information content (AvgIpc) is 3.16. The number of nitrogens with zero attached hydrogens (tertiary/aromatic N) is 4. The number of aliphatic hydroxyl groups is 1. The van der Waals surface area contributed by atoms with Crippen LogP contribution in [-0.2, 0) is 11.3 Å². The Bertz CT molecular complexity index is 600. The van der Waals surface area contributed by atoms with Crippen molar-refractivity contribution in [3.05, 3.63) is 42.5 Å². The molecule has 1 N–H and O–H groups in total. The lowest BCUT2D eigenvalue weighted by Gasteiger charge is -2.37. The highest BCUT2D eigenvalue weighted by atomic mass is 16.5. The van der Waals surface area contributed by atoms with Crippen molar-refractivity contribution in [2.24, 2.45) is 0 Å². The van der Waals surface area contributed by atoms with E-state index in [1.165, 1.54) is 0 Å². The van der Waals surface area contributed by atoms with Crippen molar-refractivity contribution in [3.8, 4) is 0 Å². The minimum atomic E-state index is -0.482. The Hall–Kier alpha value is -1.96. The zero-order valence-corrected chi connectivity index (χ0v) is 14.6. The summed E-state index contributed by atoms with van der Waals surface area (Å²) in [7, 11) is 2.07. The number of hydrogen-bond acceptors (Lipinski definition) is 7. The van der Waals surface area contributed by atoms with Gasteiger partial charge in [0.05, 0.1) is 19.0 Å². The van der Waals surface area contributed by atoms with E-state index in [1.807, 2.05) is 24.3 Å². The normalized spacial score (nSPS) is 17.5. The van der Waals surface area contributed by atoms with Gasteiger partial charge in [0, 0.05) is 38.9 Å². The largest absolute Gasteiger partial charge is 0.467 e. The Morgan fingerprint density at radius 3 is 2.88 bits per heavy atom. The maximum atomic E-state index is 10.2. The van der Waals surface area contributed by atoms with Crippen molar-refractivity contribution < 1.29 is 14.3 Å². The Morgan fingerprint density at radius 2 is 2.20 bits per heavy atom. The molecule has 0 radical (unpaired) electrons. The van der Waals surface area contributed by atoms with E-state index in [1.54, 1.807) is 12.5 Å². The molecule has 1 unspecified atom stereocenters. The third kappa shape index (κ3) is 5.26. The maximum Gasteiger partial charge on any atom is 0.151 e. The molecule has 0 aliphatic carbocycles. The molecule has 1 saturated heterocycles. The third-order valence-electron chi connectivity index (χ3n) is 4.63. The van der Waals surface area contributed by atoms with Crippen molar-refractivity contribution in [3.63, 3.8) is 0 Å². The number of aliphatic hydroxyl groups excluding tert-OH is 1. The Labute approximate surface area is 148 Å². The van der Waals surface area contributed by atoms with Crippen LogP contribution < -0.4 is 4.90 Å². The molecule has 1 fully saturated rings. The molecule has 1 aliphatic heterocycles. The Kier molecular flexibility index (Phi) is 6.38. The number of β-amino-alcohol motifs (C(OH)–C–C–N with tert-alkyl or cyclic N) is 1. The van der Waals surface area contributed by atoms with Crippen molar-refractivity contribution in [2.75, 3.05) is 38.2 Å². The molecular weight excluding hydrogens is 320 g/mol. The number of rotatable bonds is 8.